The highest BCUT2D eigenvalue weighted by atomic mass is 28.4. The van der Waals surface area contributed by atoms with Gasteiger partial charge in [0.1, 0.15) is 6.10 Å². The number of likely N-dealkylation sites (tertiary alicyclic amines) is 1. The van der Waals surface area contributed by atoms with E-state index in [0.717, 1.165) is 69.5 Å². The van der Waals surface area contributed by atoms with Crippen LogP contribution in [0.3, 0.4) is 0 Å². The van der Waals surface area contributed by atoms with Crippen molar-refractivity contribution in [1.82, 2.24) is 19.4 Å². The van der Waals surface area contributed by atoms with E-state index in [1.54, 1.807) is 0 Å². The second-order valence-electron chi connectivity index (χ2n) is 14.0. The van der Waals surface area contributed by atoms with Gasteiger partial charge in [-0.15, -0.1) is 0 Å². The number of aromatic nitrogens is 3. The van der Waals surface area contributed by atoms with Crippen molar-refractivity contribution in [2.45, 2.75) is 89.3 Å². The van der Waals surface area contributed by atoms with E-state index in [2.05, 4.69) is 90.7 Å². The molecular formula is C35H48N4O3Si. The average molecular weight is 601 g/mol. The Balaban J connectivity index is 0.914. The molecule has 230 valence electrons. The van der Waals surface area contributed by atoms with E-state index < -0.39 is 8.32 Å². The van der Waals surface area contributed by atoms with Gasteiger partial charge < -0.3 is 23.4 Å². The summed E-state index contributed by atoms with van der Waals surface area (Å²) in [6.45, 7) is 15.9. The highest BCUT2D eigenvalue weighted by Gasteiger charge is 2.37. The van der Waals surface area contributed by atoms with E-state index in [1.807, 2.05) is 24.7 Å². The molecule has 0 spiro atoms. The summed E-state index contributed by atoms with van der Waals surface area (Å²) in [5, 5.41) is 2.68. The molecule has 1 saturated heterocycles. The van der Waals surface area contributed by atoms with Gasteiger partial charge in [-0.05, 0) is 61.2 Å². The molecule has 4 heterocycles. The SMILES string of the molecule is Cn1c2ccncc2c2ccc(-c3ccc(O[C@H]4C[C@H](OC5CCN(CCCO[Si](C)(C)C(C)(C)C)CC5)C4)nc3)cc21. The maximum Gasteiger partial charge on any atom is 0.213 e. The fourth-order valence-corrected chi connectivity index (χ4v) is 7.21. The van der Waals surface area contributed by atoms with Crippen molar-refractivity contribution >= 4 is 30.1 Å². The number of piperidine rings is 1. The van der Waals surface area contributed by atoms with Gasteiger partial charge in [0.15, 0.2) is 8.32 Å². The minimum absolute atomic E-state index is 0.185. The topological polar surface area (TPSA) is 61.6 Å². The largest absolute Gasteiger partial charge is 0.474 e. The Morgan fingerprint density at radius 2 is 1.65 bits per heavy atom. The number of aryl methyl sites for hydroxylation is 1. The molecule has 0 N–H and O–H groups in total. The van der Waals surface area contributed by atoms with Gasteiger partial charge in [-0.2, -0.15) is 0 Å². The zero-order valence-electron chi connectivity index (χ0n) is 26.8. The molecule has 3 aromatic heterocycles. The van der Waals surface area contributed by atoms with Gasteiger partial charge in [0.2, 0.25) is 5.88 Å². The summed E-state index contributed by atoms with van der Waals surface area (Å²) in [6, 6.07) is 12.7. The number of hydrogen-bond acceptors (Lipinski definition) is 6. The first-order valence-electron chi connectivity index (χ1n) is 16.0. The number of pyridine rings is 2. The van der Waals surface area contributed by atoms with Crippen LogP contribution in [0.5, 0.6) is 5.88 Å². The van der Waals surface area contributed by atoms with E-state index in [9.17, 15) is 0 Å². The molecule has 7 nitrogen and oxygen atoms in total. The van der Waals surface area contributed by atoms with Gasteiger partial charge in [-0.1, -0.05) is 32.9 Å². The fourth-order valence-electron chi connectivity index (χ4n) is 6.12. The third-order valence-electron chi connectivity index (χ3n) is 10.0. The summed E-state index contributed by atoms with van der Waals surface area (Å²) in [6.07, 6.45) is 11.8. The van der Waals surface area contributed by atoms with Gasteiger partial charge in [0.05, 0.1) is 17.7 Å². The lowest BCUT2D eigenvalue weighted by molar-refractivity contribution is -0.111. The van der Waals surface area contributed by atoms with Gasteiger partial charge in [-0.25, -0.2) is 4.98 Å². The smallest absolute Gasteiger partial charge is 0.213 e. The van der Waals surface area contributed by atoms with Crippen LogP contribution < -0.4 is 4.74 Å². The molecule has 6 rings (SSSR count). The van der Waals surface area contributed by atoms with Crippen LogP contribution in [-0.4, -0.2) is 72.3 Å². The average Bonchev–Trinajstić information content (AvgIpc) is 3.26. The summed E-state index contributed by atoms with van der Waals surface area (Å²) in [7, 11) is 0.471. The van der Waals surface area contributed by atoms with Crippen molar-refractivity contribution in [2.75, 3.05) is 26.2 Å². The number of ether oxygens (including phenoxy) is 2. The minimum Gasteiger partial charge on any atom is -0.474 e. The van der Waals surface area contributed by atoms with Gasteiger partial charge >= 0.3 is 0 Å². The van der Waals surface area contributed by atoms with Crippen molar-refractivity contribution in [3.63, 3.8) is 0 Å². The molecule has 2 aliphatic rings. The van der Waals surface area contributed by atoms with Gasteiger partial charge in [-0.3, -0.25) is 4.98 Å². The van der Waals surface area contributed by atoms with Crippen molar-refractivity contribution in [1.29, 1.82) is 0 Å². The molecule has 2 fully saturated rings. The molecule has 1 aliphatic carbocycles. The third kappa shape index (κ3) is 6.67. The number of hydrogen-bond donors (Lipinski definition) is 0. The van der Waals surface area contributed by atoms with E-state index >= 15 is 0 Å². The Morgan fingerprint density at radius 3 is 2.37 bits per heavy atom. The molecule has 8 heteroatoms. The quantitative estimate of drug-likeness (QED) is 0.138. The monoisotopic (exact) mass is 600 g/mol. The van der Waals surface area contributed by atoms with Crippen molar-refractivity contribution in [2.24, 2.45) is 7.05 Å². The summed E-state index contributed by atoms with van der Waals surface area (Å²) < 4.78 is 21.2. The first-order valence-corrected chi connectivity index (χ1v) is 19.0. The molecule has 1 aliphatic heterocycles. The van der Waals surface area contributed by atoms with E-state index in [1.165, 1.54) is 21.8 Å². The van der Waals surface area contributed by atoms with Crippen molar-refractivity contribution < 1.29 is 13.9 Å². The summed E-state index contributed by atoms with van der Waals surface area (Å²) in [4.78, 5) is 11.5. The Bertz CT molecular complexity index is 1530. The molecule has 1 saturated carbocycles. The maximum absolute atomic E-state index is 6.44. The van der Waals surface area contributed by atoms with Crippen LogP contribution in [0, 0.1) is 0 Å². The van der Waals surface area contributed by atoms with Crippen molar-refractivity contribution in [3.8, 4) is 17.0 Å². The fraction of sp³-hybridized carbons (Fsp3) is 0.543. The minimum atomic E-state index is -1.64. The number of fused-ring (bicyclic) bond motifs is 3. The van der Waals surface area contributed by atoms with Crippen LogP contribution in [0.4, 0.5) is 0 Å². The molecule has 4 aromatic rings. The van der Waals surface area contributed by atoms with Crippen LogP contribution in [0.1, 0.15) is 52.9 Å². The summed E-state index contributed by atoms with van der Waals surface area (Å²) in [5.74, 6) is 0.690. The molecule has 0 amide bonds. The van der Waals surface area contributed by atoms with Crippen molar-refractivity contribution in [3.05, 3.63) is 55.0 Å². The lowest BCUT2D eigenvalue weighted by Crippen LogP contribution is -2.45. The van der Waals surface area contributed by atoms with Gasteiger partial charge in [0.25, 0.3) is 0 Å². The molecule has 0 atom stereocenters. The van der Waals surface area contributed by atoms with E-state index in [4.69, 9.17) is 13.9 Å². The standard InChI is InChI=1S/C35H48N4O3Si/c1-35(2,3)43(5,6)40-19-7-16-39-17-13-27(14-18-39)41-28-21-29(22-28)42-34-11-9-26(23-37-34)25-8-10-30-31-24-36-15-12-32(31)38(4)33(30)20-25/h8-12,15,20,23-24,27-29H,7,13-14,16-19,21-22H2,1-6H3/t28-,29-. The van der Waals surface area contributed by atoms with Crippen LogP contribution in [0.25, 0.3) is 32.9 Å². The zero-order chi connectivity index (χ0) is 30.2. The van der Waals surface area contributed by atoms with E-state index in [0.29, 0.717) is 18.1 Å². The predicted molar refractivity (Wildman–Crippen MR) is 177 cm³/mol. The highest BCUT2D eigenvalue weighted by Crippen LogP contribution is 2.37. The third-order valence-corrected chi connectivity index (χ3v) is 14.6. The second-order valence-corrected chi connectivity index (χ2v) is 18.9. The Hall–Kier alpha value is -2.78. The van der Waals surface area contributed by atoms with Crippen LogP contribution >= 0.6 is 0 Å². The van der Waals surface area contributed by atoms with Gasteiger partial charge in [0, 0.05) is 92.6 Å². The number of nitrogens with zero attached hydrogens (tertiary/aromatic N) is 4. The lowest BCUT2D eigenvalue weighted by Gasteiger charge is -2.40. The number of rotatable bonds is 10. The first kappa shape index (κ1) is 30.3. The normalized spacial score (nSPS) is 20.5. The molecular weight excluding hydrogens is 552 g/mol. The van der Waals surface area contributed by atoms with Crippen LogP contribution in [-0.2, 0) is 16.2 Å². The molecule has 0 radical (unpaired) electrons. The molecule has 0 unspecified atom stereocenters. The Labute approximate surface area is 257 Å². The van der Waals surface area contributed by atoms with E-state index in [-0.39, 0.29) is 11.1 Å². The number of benzene rings is 1. The predicted octanol–water partition coefficient (Wildman–Crippen LogP) is 7.59. The summed E-state index contributed by atoms with van der Waals surface area (Å²) >= 11 is 0. The molecule has 1 aromatic carbocycles. The molecule has 0 bridgehead atoms. The second kappa shape index (κ2) is 12.3. The lowest BCUT2D eigenvalue weighted by atomic mass is 9.91. The zero-order valence-corrected chi connectivity index (χ0v) is 27.8. The Morgan fingerprint density at radius 1 is 0.884 bits per heavy atom. The molecule has 43 heavy (non-hydrogen) atoms. The Kier molecular flexibility index (Phi) is 8.66. The maximum atomic E-state index is 6.44. The van der Waals surface area contributed by atoms with Crippen LogP contribution in [0.15, 0.2) is 55.0 Å². The first-order chi connectivity index (χ1) is 20.6. The van der Waals surface area contributed by atoms with Crippen LogP contribution in [0.2, 0.25) is 18.1 Å². The summed E-state index contributed by atoms with van der Waals surface area (Å²) in [5.41, 5.74) is 4.62. The highest BCUT2D eigenvalue weighted by molar-refractivity contribution is 6.74.